The number of aromatic nitrogens is 2. The summed E-state index contributed by atoms with van der Waals surface area (Å²) in [6.45, 7) is 4.37. The molecule has 1 fully saturated rings. The van der Waals surface area contributed by atoms with Crippen LogP contribution >= 0.6 is 15.9 Å². The molecule has 1 saturated carbocycles. The third-order valence-corrected chi connectivity index (χ3v) is 3.89. The van der Waals surface area contributed by atoms with Gasteiger partial charge in [0.05, 0.1) is 12.3 Å². The van der Waals surface area contributed by atoms with Crippen molar-refractivity contribution in [2.45, 2.75) is 37.8 Å². The lowest BCUT2D eigenvalue weighted by Crippen LogP contribution is -2.30. The van der Waals surface area contributed by atoms with E-state index in [9.17, 15) is 0 Å². The van der Waals surface area contributed by atoms with Gasteiger partial charge in [-0.15, -0.1) is 6.58 Å². The minimum absolute atomic E-state index is 0.403. The molecule has 1 aromatic rings. The van der Waals surface area contributed by atoms with Gasteiger partial charge in [0.1, 0.15) is 4.60 Å². The number of halogens is 1. The molecule has 0 radical (unpaired) electrons. The molecule has 1 aliphatic carbocycles. The largest absolute Gasteiger partial charge is 0.381 e. The summed E-state index contributed by atoms with van der Waals surface area (Å²) in [5.74, 6) is 1.56. The SMILES string of the molecule is C=[13CH][13CH2]Nc1ncc(Br)nc1NC1CCC(OC)CC1. The summed E-state index contributed by atoms with van der Waals surface area (Å²) < 4.78 is 6.13. The molecule has 1 heterocycles. The van der Waals surface area contributed by atoms with Crippen LogP contribution in [0.3, 0.4) is 0 Å². The van der Waals surface area contributed by atoms with Crippen molar-refractivity contribution in [1.29, 1.82) is 0 Å². The van der Waals surface area contributed by atoms with Gasteiger partial charge in [-0.1, -0.05) is 6.08 Å². The van der Waals surface area contributed by atoms with E-state index in [1.807, 2.05) is 0 Å². The Labute approximate surface area is 128 Å². The Morgan fingerprint density at radius 1 is 1.40 bits per heavy atom. The van der Waals surface area contributed by atoms with E-state index in [0.717, 1.165) is 41.9 Å². The molecule has 0 aliphatic heterocycles. The number of nitrogens with one attached hydrogen (secondary N) is 2. The van der Waals surface area contributed by atoms with Crippen molar-refractivity contribution in [2.24, 2.45) is 0 Å². The topological polar surface area (TPSA) is 59.1 Å². The van der Waals surface area contributed by atoms with Crippen LogP contribution in [0.4, 0.5) is 11.6 Å². The fourth-order valence-electron chi connectivity index (χ4n) is 2.40. The number of rotatable bonds is 6. The zero-order valence-corrected chi connectivity index (χ0v) is 13.3. The minimum atomic E-state index is 0.403. The van der Waals surface area contributed by atoms with Crippen LogP contribution in [0.15, 0.2) is 23.5 Å². The van der Waals surface area contributed by atoms with Crippen LogP contribution in [0, 0.1) is 0 Å². The number of methoxy groups -OCH3 is 1. The lowest BCUT2D eigenvalue weighted by molar-refractivity contribution is 0.0681. The Balaban J connectivity index is 2.00. The highest BCUT2D eigenvalue weighted by atomic mass is 79.9. The zero-order valence-electron chi connectivity index (χ0n) is 11.7. The lowest BCUT2D eigenvalue weighted by atomic mass is 9.93. The number of nitrogens with zero attached hydrogens (tertiary/aromatic N) is 2. The van der Waals surface area contributed by atoms with Gasteiger partial charge in [-0.3, -0.25) is 0 Å². The molecule has 0 amide bonds. The van der Waals surface area contributed by atoms with Gasteiger partial charge in [0, 0.05) is 19.7 Å². The normalized spacial score (nSPS) is 22.3. The van der Waals surface area contributed by atoms with Gasteiger partial charge in [0.25, 0.3) is 0 Å². The van der Waals surface area contributed by atoms with E-state index < -0.39 is 0 Å². The van der Waals surface area contributed by atoms with Crippen LogP contribution in [0.2, 0.25) is 0 Å². The van der Waals surface area contributed by atoms with Crippen LogP contribution in [0.1, 0.15) is 25.7 Å². The average Bonchev–Trinajstić information content (AvgIpc) is 2.47. The summed E-state index contributed by atoms with van der Waals surface area (Å²) in [5.41, 5.74) is 0. The zero-order chi connectivity index (χ0) is 14.4. The number of hydrogen-bond donors (Lipinski definition) is 2. The van der Waals surface area contributed by atoms with Gasteiger partial charge in [0.2, 0.25) is 0 Å². The second kappa shape index (κ2) is 7.59. The molecule has 0 unspecified atom stereocenters. The molecule has 1 aromatic heterocycles. The number of anilines is 2. The Morgan fingerprint density at radius 2 is 2.15 bits per heavy atom. The molecule has 2 rings (SSSR count). The fourth-order valence-corrected chi connectivity index (χ4v) is 2.68. The van der Waals surface area contributed by atoms with Crippen LogP contribution in [-0.2, 0) is 4.74 Å². The summed E-state index contributed by atoms with van der Waals surface area (Å²) in [6, 6.07) is 0.425. The van der Waals surface area contributed by atoms with Crippen LogP contribution < -0.4 is 10.6 Å². The van der Waals surface area contributed by atoms with Crippen molar-refractivity contribution < 1.29 is 4.74 Å². The first-order chi connectivity index (χ1) is 9.72. The van der Waals surface area contributed by atoms with E-state index in [1.54, 1.807) is 19.4 Å². The van der Waals surface area contributed by atoms with E-state index in [-0.39, 0.29) is 0 Å². The van der Waals surface area contributed by atoms with Crippen molar-refractivity contribution in [1.82, 2.24) is 9.97 Å². The van der Waals surface area contributed by atoms with Gasteiger partial charge in [-0.05, 0) is 41.6 Å². The molecule has 0 atom stereocenters. The maximum atomic E-state index is 5.40. The van der Waals surface area contributed by atoms with Crippen molar-refractivity contribution in [3.8, 4) is 0 Å². The molecule has 20 heavy (non-hydrogen) atoms. The van der Waals surface area contributed by atoms with Crippen LogP contribution in [0.5, 0.6) is 0 Å². The first-order valence-corrected chi connectivity index (χ1v) is 7.69. The minimum Gasteiger partial charge on any atom is -0.381 e. The Hall–Kier alpha value is -1.14. The van der Waals surface area contributed by atoms with Gasteiger partial charge >= 0.3 is 0 Å². The second-order valence-electron chi connectivity index (χ2n) is 4.91. The summed E-state index contributed by atoms with van der Waals surface area (Å²) in [7, 11) is 1.79. The molecular weight excluding hydrogens is 322 g/mol. The predicted molar refractivity (Wildman–Crippen MR) is 85.1 cm³/mol. The summed E-state index contributed by atoms with van der Waals surface area (Å²) in [4.78, 5) is 8.83. The summed E-state index contributed by atoms with van der Waals surface area (Å²) in [5, 5.41) is 6.69. The molecule has 110 valence electrons. The van der Waals surface area contributed by atoms with E-state index in [2.05, 4.69) is 43.1 Å². The first kappa shape index (κ1) is 15.3. The van der Waals surface area contributed by atoms with E-state index in [4.69, 9.17) is 4.74 Å². The average molecular weight is 343 g/mol. The Morgan fingerprint density at radius 3 is 2.80 bits per heavy atom. The third kappa shape index (κ3) is 4.18. The van der Waals surface area contributed by atoms with Gasteiger partial charge in [-0.2, -0.15) is 0 Å². The summed E-state index contributed by atoms with van der Waals surface area (Å²) >= 11 is 3.37. The van der Waals surface area contributed by atoms with Crippen LogP contribution in [0.25, 0.3) is 0 Å². The van der Waals surface area contributed by atoms with E-state index in [1.165, 1.54) is 0 Å². The predicted octanol–water partition coefficient (Wildman–Crippen LogP) is 3.21. The number of hydrogen-bond acceptors (Lipinski definition) is 5. The van der Waals surface area contributed by atoms with Gasteiger partial charge in [-0.25, -0.2) is 9.97 Å². The quantitative estimate of drug-likeness (QED) is 0.614. The fraction of sp³-hybridized carbons (Fsp3) is 0.571. The maximum absolute atomic E-state index is 5.40. The van der Waals surface area contributed by atoms with Gasteiger partial charge < -0.3 is 15.4 Å². The van der Waals surface area contributed by atoms with E-state index in [0.29, 0.717) is 18.7 Å². The molecule has 6 heteroatoms. The lowest BCUT2D eigenvalue weighted by Gasteiger charge is -2.29. The molecule has 0 spiro atoms. The Kier molecular flexibility index (Phi) is 5.79. The molecule has 0 aromatic carbocycles. The highest BCUT2D eigenvalue weighted by Gasteiger charge is 2.22. The van der Waals surface area contributed by atoms with Crippen LogP contribution in [-0.4, -0.2) is 35.8 Å². The molecule has 0 bridgehead atoms. The molecule has 5 nitrogen and oxygen atoms in total. The molecular formula is C14H21BrN4O. The number of ether oxygens (including phenoxy) is 1. The van der Waals surface area contributed by atoms with Crippen molar-refractivity contribution in [3.05, 3.63) is 23.5 Å². The van der Waals surface area contributed by atoms with Gasteiger partial charge in [0.15, 0.2) is 11.6 Å². The highest BCUT2D eigenvalue weighted by molar-refractivity contribution is 9.10. The monoisotopic (exact) mass is 342 g/mol. The highest BCUT2D eigenvalue weighted by Crippen LogP contribution is 2.26. The molecule has 1 aliphatic rings. The van der Waals surface area contributed by atoms with Crippen molar-refractivity contribution in [2.75, 3.05) is 24.3 Å². The second-order valence-corrected chi connectivity index (χ2v) is 5.73. The molecule has 2 N–H and O–H groups in total. The standard InChI is InChI=1S/C14H21BrN4O/c1-3-8-16-13-14(19-12(15)9-17-13)18-10-4-6-11(20-2)7-5-10/h3,9-11H,1,4-8H2,2H3,(H,16,17)(H,18,19)/i3+1,8+1. The summed E-state index contributed by atoms with van der Waals surface area (Å²) in [6.07, 6.45) is 8.26. The van der Waals surface area contributed by atoms with E-state index >= 15 is 0 Å². The third-order valence-electron chi connectivity index (χ3n) is 3.51. The molecule has 0 saturated heterocycles. The van der Waals surface area contributed by atoms with Crippen molar-refractivity contribution >= 4 is 27.6 Å². The smallest absolute Gasteiger partial charge is 0.170 e. The van der Waals surface area contributed by atoms with Crippen molar-refractivity contribution in [3.63, 3.8) is 0 Å². The maximum Gasteiger partial charge on any atom is 0.170 e. The first-order valence-electron chi connectivity index (χ1n) is 6.89. The Bertz CT molecular complexity index is 447.